The van der Waals surface area contributed by atoms with Gasteiger partial charge in [-0.15, -0.1) is 0 Å². The maximum atomic E-state index is 5.37. The van der Waals surface area contributed by atoms with Crippen molar-refractivity contribution in [2.75, 3.05) is 20.8 Å². The summed E-state index contributed by atoms with van der Waals surface area (Å²) in [6.45, 7) is 8.69. The minimum Gasteiger partial charge on any atom is -0.493 e. The van der Waals surface area contributed by atoms with E-state index in [1.165, 1.54) is 11.1 Å². The molecule has 1 heterocycles. The van der Waals surface area contributed by atoms with Crippen molar-refractivity contribution in [2.45, 2.75) is 33.9 Å². The molecule has 0 fully saturated rings. The standard InChI is InChI=1S/C17H24N2O3/c1-6-19(11-15-12(2)18-22-13(15)3)10-14-7-8-16(20-4)17(9-14)21-5/h7-9H,6,10-11H2,1-5H3. The first kappa shape index (κ1) is 16.4. The van der Waals surface area contributed by atoms with Crippen molar-refractivity contribution < 1.29 is 14.0 Å². The lowest BCUT2D eigenvalue weighted by Crippen LogP contribution is -2.23. The highest BCUT2D eigenvalue weighted by atomic mass is 16.5. The summed E-state index contributed by atoms with van der Waals surface area (Å²) in [5.41, 5.74) is 3.32. The van der Waals surface area contributed by atoms with Crippen LogP contribution < -0.4 is 9.47 Å². The second kappa shape index (κ2) is 7.31. The number of nitrogens with zero attached hydrogens (tertiary/aromatic N) is 2. The molecule has 0 aliphatic heterocycles. The predicted octanol–water partition coefficient (Wildman–Crippen LogP) is 3.33. The third-order valence-electron chi connectivity index (χ3n) is 3.86. The molecule has 0 aliphatic carbocycles. The first-order valence-corrected chi connectivity index (χ1v) is 7.44. The smallest absolute Gasteiger partial charge is 0.161 e. The minimum absolute atomic E-state index is 0.750. The summed E-state index contributed by atoms with van der Waals surface area (Å²) in [7, 11) is 3.30. The molecule has 0 unspecified atom stereocenters. The highest BCUT2D eigenvalue weighted by molar-refractivity contribution is 5.42. The summed E-state index contributed by atoms with van der Waals surface area (Å²) in [6.07, 6.45) is 0. The lowest BCUT2D eigenvalue weighted by Gasteiger charge is -2.21. The fourth-order valence-electron chi connectivity index (χ4n) is 2.47. The molecule has 0 saturated carbocycles. The van der Waals surface area contributed by atoms with Gasteiger partial charge in [0.05, 0.1) is 19.9 Å². The van der Waals surface area contributed by atoms with Crippen molar-refractivity contribution in [3.05, 3.63) is 40.8 Å². The summed E-state index contributed by atoms with van der Waals surface area (Å²) in [5.74, 6) is 2.40. The molecule has 1 aromatic carbocycles. The van der Waals surface area contributed by atoms with Gasteiger partial charge < -0.3 is 14.0 Å². The van der Waals surface area contributed by atoms with Gasteiger partial charge in [-0.05, 0) is 38.1 Å². The van der Waals surface area contributed by atoms with Gasteiger partial charge in [0.1, 0.15) is 5.76 Å². The van der Waals surface area contributed by atoms with Gasteiger partial charge in [-0.25, -0.2) is 0 Å². The Hall–Kier alpha value is -2.01. The van der Waals surface area contributed by atoms with Gasteiger partial charge in [0.25, 0.3) is 0 Å². The Kier molecular flexibility index (Phi) is 5.44. The second-order valence-electron chi connectivity index (χ2n) is 5.30. The highest BCUT2D eigenvalue weighted by Crippen LogP contribution is 2.28. The zero-order valence-electron chi connectivity index (χ0n) is 14.0. The van der Waals surface area contributed by atoms with Crippen LogP contribution in [0.5, 0.6) is 11.5 Å². The van der Waals surface area contributed by atoms with E-state index in [0.717, 1.165) is 42.6 Å². The topological polar surface area (TPSA) is 47.7 Å². The van der Waals surface area contributed by atoms with E-state index >= 15 is 0 Å². The molecule has 5 nitrogen and oxygen atoms in total. The van der Waals surface area contributed by atoms with E-state index in [-0.39, 0.29) is 0 Å². The Labute approximate surface area is 131 Å². The van der Waals surface area contributed by atoms with Gasteiger partial charge in [0.2, 0.25) is 0 Å². The monoisotopic (exact) mass is 304 g/mol. The number of hydrogen-bond acceptors (Lipinski definition) is 5. The molecule has 0 amide bonds. The first-order chi connectivity index (χ1) is 10.6. The van der Waals surface area contributed by atoms with Crippen molar-refractivity contribution in [1.82, 2.24) is 10.1 Å². The molecular weight excluding hydrogens is 280 g/mol. The van der Waals surface area contributed by atoms with Crippen molar-refractivity contribution >= 4 is 0 Å². The van der Waals surface area contributed by atoms with Crippen molar-refractivity contribution in [2.24, 2.45) is 0 Å². The van der Waals surface area contributed by atoms with E-state index in [9.17, 15) is 0 Å². The Bertz CT molecular complexity index is 603. The maximum Gasteiger partial charge on any atom is 0.161 e. The zero-order chi connectivity index (χ0) is 16.1. The average molecular weight is 304 g/mol. The van der Waals surface area contributed by atoms with Crippen LogP contribution in [-0.2, 0) is 13.1 Å². The molecule has 2 aromatic rings. The van der Waals surface area contributed by atoms with Crippen LogP contribution in [0.25, 0.3) is 0 Å². The maximum absolute atomic E-state index is 5.37. The quantitative estimate of drug-likeness (QED) is 0.785. The summed E-state index contributed by atoms with van der Waals surface area (Å²) in [5, 5.41) is 4.02. The number of aryl methyl sites for hydroxylation is 2. The number of aromatic nitrogens is 1. The summed E-state index contributed by atoms with van der Waals surface area (Å²) < 4.78 is 15.9. The number of benzene rings is 1. The van der Waals surface area contributed by atoms with Crippen LogP contribution >= 0.6 is 0 Å². The van der Waals surface area contributed by atoms with E-state index < -0.39 is 0 Å². The molecule has 0 saturated heterocycles. The highest BCUT2D eigenvalue weighted by Gasteiger charge is 2.14. The number of hydrogen-bond donors (Lipinski definition) is 0. The van der Waals surface area contributed by atoms with E-state index in [0.29, 0.717) is 0 Å². The van der Waals surface area contributed by atoms with Crippen molar-refractivity contribution in [3.8, 4) is 11.5 Å². The second-order valence-corrected chi connectivity index (χ2v) is 5.30. The molecule has 1 aromatic heterocycles. The van der Waals surface area contributed by atoms with Crippen LogP contribution in [0.15, 0.2) is 22.7 Å². The van der Waals surface area contributed by atoms with Gasteiger partial charge >= 0.3 is 0 Å². The Morgan fingerprint density at radius 1 is 1.09 bits per heavy atom. The normalized spacial score (nSPS) is 11.0. The number of methoxy groups -OCH3 is 2. The minimum atomic E-state index is 0.750. The molecule has 0 bridgehead atoms. The molecule has 0 spiro atoms. The van der Waals surface area contributed by atoms with Gasteiger partial charge in [0.15, 0.2) is 11.5 Å². The third-order valence-corrected chi connectivity index (χ3v) is 3.86. The lowest BCUT2D eigenvalue weighted by molar-refractivity contribution is 0.268. The van der Waals surface area contributed by atoms with E-state index in [1.54, 1.807) is 14.2 Å². The fourth-order valence-corrected chi connectivity index (χ4v) is 2.47. The Morgan fingerprint density at radius 2 is 1.82 bits per heavy atom. The van der Waals surface area contributed by atoms with E-state index in [1.807, 2.05) is 26.0 Å². The number of ether oxygens (including phenoxy) is 2. The fraction of sp³-hybridized carbons (Fsp3) is 0.471. The van der Waals surface area contributed by atoms with Crippen LogP contribution in [0.2, 0.25) is 0 Å². The van der Waals surface area contributed by atoms with E-state index in [2.05, 4.69) is 23.0 Å². The molecule has 0 N–H and O–H groups in total. The van der Waals surface area contributed by atoms with Crippen molar-refractivity contribution in [1.29, 1.82) is 0 Å². The van der Waals surface area contributed by atoms with Gasteiger partial charge in [0, 0.05) is 18.7 Å². The van der Waals surface area contributed by atoms with Crippen molar-refractivity contribution in [3.63, 3.8) is 0 Å². The SMILES string of the molecule is CCN(Cc1ccc(OC)c(OC)c1)Cc1c(C)noc1C. The molecule has 22 heavy (non-hydrogen) atoms. The summed E-state index contributed by atoms with van der Waals surface area (Å²) >= 11 is 0. The summed E-state index contributed by atoms with van der Waals surface area (Å²) in [4.78, 5) is 2.34. The molecular formula is C17H24N2O3. The van der Waals surface area contributed by atoms with E-state index in [4.69, 9.17) is 14.0 Å². The molecule has 120 valence electrons. The lowest BCUT2D eigenvalue weighted by atomic mass is 10.1. The molecule has 5 heteroatoms. The van der Waals surface area contributed by atoms with Crippen LogP contribution in [0.4, 0.5) is 0 Å². The average Bonchev–Trinajstić information content (AvgIpc) is 2.85. The summed E-state index contributed by atoms with van der Waals surface area (Å²) in [6, 6.07) is 6.03. The Balaban J connectivity index is 2.13. The van der Waals surface area contributed by atoms with Crippen LogP contribution in [-0.4, -0.2) is 30.8 Å². The number of rotatable bonds is 7. The van der Waals surface area contributed by atoms with Gasteiger partial charge in [-0.1, -0.05) is 18.1 Å². The zero-order valence-corrected chi connectivity index (χ0v) is 14.0. The van der Waals surface area contributed by atoms with Gasteiger partial charge in [-0.3, -0.25) is 4.90 Å². The first-order valence-electron chi connectivity index (χ1n) is 7.44. The van der Waals surface area contributed by atoms with Gasteiger partial charge in [-0.2, -0.15) is 0 Å². The van der Waals surface area contributed by atoms with Crippen LogP contribution in [0.3, 0.4) is 0 Å². The molecule has 2 rings (SSSR count). The van der Waals surface area contributed by atoms with Crippen LogP contribution in [0.1, 0.15) is 29.5 Å². The molecule has 0 radical (unpaired) electrons. The predicted molar refractivity (Wildman–Crippen MR) is 85.3 cm³/mol. The largest absolute Gasteiger partial charge is 0.493 e. The molecule has 0 aliphatic rings. The third kappa shape index (κ3) is 3.60. The molecule has 0 atom stereocenters. The Morgan fingerprint density at radius 3 is 2.36 bits per heavy atom. The van der Waals surface area contributed by atoms with Crippen LogP contribution in [0, 0.1) is 13.8 Å².